The quantitative estimate of drug-likeness (QED) is 0.860. The summed E-state index contributed by atoms with van der Waals surface area (Å²) in [6.07, 6.45) is 0.988. The first-order chi connectivity index (χ1) is 9.36. The van der Waals surface area contributed by atoms with Crippen molar-refractivity contribution in [2.45, 2.75) is 30.2 Å². The molecule has 1 saturated carbocycles. The number of amides is 1. The minimum absolute atomic E-state index is 0.0130. The van der Waals surface area contributed by atoms with Gasteiger partial charge in [-0.2, -0.15) is 0 Å². The molecule has 7 heteroatoms. The van der Waals surface area contributed by atoms with Crippen LogP contribution in [0.15, 0.2) is 23.1 Å². The second-order valence-electron chi connectivity index (χ2n) is 5.33. The lowest BCUT2D eigenvalue weighted by atomic mass is 10.0. The summed E-state index contributed by atoms with van der Waals surface area (Å²) in [6.45, 7) is 2.30. The van der Waals surface area contributed by atoms with Crippen molar-refractivity contribution in [2.75, 3.05) is 6.61 Å². The van der Waals surface area contributed by atoms with Crippen molar-refractivity contribution in [1.82, 2.24) is 5.32 Å². The van der Waals surface area contributed by atoms with Gasteiger partial charge in [0.05, 0.1) is 4.90 Å². The van der Waals surface area contributed by atoms with Crippen LogP contribution in [0, 0.1) is 5.92 Å². The molecule has 0 spiro atoms. The van der Waals surface area contributed by atoms with Crippen LogP contribution in [0.3, 0.4) is 0 Å². The van der Waals surface area contributed by atoms with Gasteiger partial charge in [-0.15, -0.1) is 0 Å². The highest BCUT2D eigenvalue weighted by molar-refractivity contribution is 8.13. The van der Waals surface area contributed by atoms with Crippen molar-refractivity contribution >= 4 is 25.6 Å². The molecule has 2 aliphatic rings. The zero-order valence-electron chi connectivity index (χ0n) is 10.8. The first kappa shape index (κ1) is 13.7. The Morgan fingerprint density at radius 3 is 2.75 bits per heavy atom. The summed E-state index contributed by atoms with van der Waals surface area (Å²) >= 11 is 0. The molecule has 1 N–H and O–H groups in total. The molecular formula is C13H14ClNO4S. The fourth-order valence-corrected chi connectivity index (χ4v) is 3.15. The third-order valence-corrected chi connectivity index (χ3v) is 5.15. The fourth-order valence-electron chi connectivity index (χ4n) is 2.37. The summed E-state index contributed by atoms with van der Waals surface area (Å²) < 4.78 is 28.2. The van der Waals surface area contributed by atoms with Crippen LogP contribution in [0.25, 0.3) is 0 Å². The maximum absolute atomic E-state index is 12.2. The van der Waals surface area contributed by atoms with Crippen LogP contribution >= 0.6 is 10.7 Å². The second kappa shape index (κ2) is 4.63. The Morgan fingerprint density at radius 2 is 2.15 bits per heavy atom. The molecule has 1 amide bonds. The van der Waals surface area contributed by atoms with E-state index in [2.05, 4.69) is 12.2 Å². The molecule has 1 aromatic carbocycles. The van der Waals surface area contributed by atoms with Crippen molar-refractivity contribution in [3.63, 3.8) is 0 Å². The number of fused-ring (bicyclic) bond motifs is 1. The van der Waals surface area contributed by atoms with E-state index in [0.29, 0.717) is 17.2 Å². The number of nitrogens with one attached hydrogen (secondary N) is 1. The van der Waals surface area contributed by atoms with Gasteiger partial charge in [0.25, 0.3) is 9.05 Å². The Bertz CT molecular complexity index is 673. The topological polar surface area (TPSA) is 72.5 Å². The molecule has 5 nitrogen and oxygen atoms in total. The summed E-state index contributed by atoms with van der Waals surface area (Å²) in [4.78, 5) is 12.2. The van der Waals surface area contributed by atoms with E-state index in [1.807, 2.05) is 0 Å². The second-order valence-corrected chi connectivity index (χ2v) is 7.90. The SMILES string of the molecule is CC1CC1NC(=O)C1COc2ccc(S(=O)(=O)Cl)cc21. The van der Waals surface area contributed by atoms with Gasteiger partial charge >= 0.3 is 0 Å². The smallest absolute Gasteiger partial charge is 0.261 e. The fraction of sp³-hybridized carbons (Fsp3) is 0.462. The maximum Gasteiger partial charge on any atom is 0.261 e. The molecule has 1 fully saturated rings. The van der Waals surface area contributed by atoms with Crippen LogP contribution in [0.5, 0.6) is 5.75 Å². The van der Waals surface area contributed by atoms with E-state index < -0.39 is 15.0 Å². The number of ether oxygens (including phenoxy) is 1. The van der Waals surface area contributed by atoms with E-state index in [9.17, 15) is 13.2 Å². The van der Waals surface area contributed by atoms with E-state index in [-0.39, 0.29) is 23.5 Å². The average molecular weight is 316 g/mol. The van der Waals surface area contributed by atoms with Crippen molar-refractivity contribution in [2.24, 2.45) is 5.92 Å². The number of hydrogen-bond acceptors (Lipinski definition) is 4. The zero-order chi connectivity index (χ0) is 14.5. The Balaban J connectivity index is 1.86. The summed E-state index contributed by atoms with van der Waals surface area (Å²) in [5.74, 6) is 0.451. The van der Waals surface area contributed by atoms with Gasteiger partial charge in [-0.05, 0) is 30.5 Å². The summed E-state index contributed by atoms with van der Waals surface area (Å²) in [5.41, 5.74) is 0.581. The molecule has 0 bridgehead atoms. The highest BCUT2D eigenvalue weighted by Crippen LogP contribution is 2.37. The van der Waals surface area contributed by atoms with E-state index in [1.165, 1.54) is 18.2 Å². The lowest BCUT2D eigenvalue weighted by Gasteiger charge is -2.10. The standard InChI is InChI=1S/C13H14ClNO4S/c1-7-4-11(7)15-13(16)10-6-19-12-3-2-8(5-9(10)12)20(14,17)18/h2-3,5,7,10-11H,4,6H2,1H3,(H,15,16). The maximum atomic E-state index is 12.2. The van der Waals surface area contributed by atoms with Crippen molar-refractivity contribution < 1.29 is 17.9 Å². The highest BCUT2D eigenvalue weighted by atomic mass is 35.7. The molecule has 0 saturated heterocycles. The monoisotopic (exact) mass is 315 g/mol. The molecule has 1 aliphatic carbocycles. The van der Waals surface area contributed by atoms with Crippen LogP contribution in [0.4, 0.5) is 0 Å². The molecule has 108 valence electrons. The van der Waals surface area contributed by atoms with Crippen molar-refractivity contribution in [3.05, 3.63) is 23.8 Å². The number of halogens is 1. The van der Waals surface area contributed by atoms with E-state index in [0.717, 1.165) is 6.42 Å². The minimum Gasteiger partial charge on any atom is -0.492 e. The average Bonchev–Trinajstić information content (AvgIpc) is 2.90. The minimum atomic E-state index is -3.81. The van der Waals surface area contributed by atoms with E-state index in [4.69, 9.17) is 15.4 Å². The van der Waals surface area contributed by atoms with Crippen LogP contribution in [0.1, 0.15) is 24.8 Å². The van der Waals surface area contributed by atoms with Crippen molar-refractivity contribution in [1.29, 1.82) is 0 Å². The third kappa shape index (κ3) is 2.50. The van der Waals surface area contributed by atoms with Gasteiger partial charge in [-0.3, -0.25) is 4.79 Å². The molecule has 0 radical (unpaired) electrons. The summed E-state index contributed by atoms with van der Waals surface area (Å²) in [5, 5.41) is 2.94. The highest BCUT2D eigenvalue weighted by Gasteiger charge is 2.38. The van der Waals surface area contributed by atoms with Crippen LogP contribution < -0.4 is 10.1 Å². The summed E-state index contributed by atoms with van der Waals surface area (Å²) in [7, 11) is 1.52. The largest absolute Gasteiger partial charge is 0.492 e. The predicted molar refractivity (Wildman–Crippen MR) is 73.4 cm³/mol. The number of rotatable bonds is 3. The lowest BCUT2D eigenvalue weighted by Crippen LogP contribution is -2.32. The van der Waals surface area contributed by atoms with Gasteiger partial charge in [-0.1, -0.05) is 6.92 Å². The van der Waals surface area contributed by atoms with Gasteiger partial charge < -0.3 is 10.1 Å². The number of benzene rings is 1. The molecule has 1 heterocycles. The Morgan fingerprint density at radius 1 is 1.45 bits per heavy atom. The normalized spacial score (nSPS) is 27.6. The Hall–Kier alpha value is -1.27. The first-order valence-corrected chi connectivity index (χ1v) is 8.69. The molecular weight excluding hydrogens is 302 g/mol. The van der Waals surface area contributed by atoms with Crippen LogP contribution in [0.2, 0.25) is 0 Å². The van der Waals surface area contributed by atoms with Crippen LogP contribution in [-0.2, 0) is 13.8 Å². The Kier molecular flexibility index (Phi) is 3.17. The molecule has 20 heavy (non-hydrogen) atoms. The molecule has 1 aromatic rings. The third-order valence-electron chi connectivity index (χ3n) is 3.80. The first-order valence-electron chi connectivity index (χ1n) is 6.38. The van der Waals surface area contributed by atoms with E-state index >= 15 is 0 Å². The molecule has 3 unspecified atom stereocenters. The van der Waals surface area contributed by atoms with Gasteiger partial charge in [0, 0.05) is 22.3 Å². The Labute approximate surface area is 121 Å². The number of carbonyl (C=O) groups is 1. The predicted octanol–water partition coefficient (Wildman–Crippen LogP) is 1.61. The molecule has 3 rings (SSSR count). The van der Waals surface area contributed by atoms with Gasteiger partial charge in [-0.25, -0.2) is 8.42 Å². The van der Waals surface area contributed by atoms with Gasteiger partial charge in [0.15, 0.2) is 0 Å². The van der Waals surface area contributed by atoms with Crippen molar-refractivity contribution in [3.8, 4) is 5.75 Å². The molecule has 3 atom stereocenters. The number of hydrogen-bond donors (Lipinski definition) is 1. The summed E-state index contributed by atoms with van der Waals surface area (Å²) in [6, 6.07) is 4.57. The van der Waals surface area contributed by atoms with E-state index in [1.54, 1.807) is 0 Å². The number of carbonyl (C=O) groups excluding carboxylic acids is 1. The molecule has 1 aliphatic heterocycles. The van der Waals surface area contributed by atoms with Gasteiger partial charge in [0.2, 0.25) is 5.91 Å². The lowest BCUT2D eigenvalue weighted by molar-refractivity contribution is -0.122. The van der Waals surface area contributed by atoms with Gasteiger partial charge in [0.1, 0.15) is 18.3 Å². The molecule has 0 aromatic heterocycles. The van der Waals surface area contributed by atoms with Crippen LogP contribution in [-0.4, -0.2) is 27.0 Å². The zero-order valence-corrected chi connectivity index (χ0v) is 12.4.